The van der Waals surface area contributed by atoms with Crippen molar-refractivity contribution in [1.29, 1.82) is 5.26 Å². The zero-order chi connectivity index (χ0) is 52.9. The Balaban J connectivity index is 0.000000309. The third kappa shape index (κ3) is 15.2. The Morgan fingerprint density at radius 2 is 1.23 bits per heavy atom. The van der Waals surface area contributed by atoms with Crippen LogP contribution in [0.1, 0.15) is 93.4 Å². The van der Waals surface area contributed by atoms with Crippen LogP contribution in [0.2, 0.25) is 46.3 Å². The number of hydrogen-bond donors (Lipinski definition) is 4. The van der Waals surface area contributed by atoms with Gasteiger partial charge in [0.2, 0.25) is 23.2 Å². The fourth-order valence-corrected chi connectivity index (χ4v) is 8.71. The number of hydrogen-bond acceptors (Lipinski definition) is 10. The van der Waals surface area contributed by atoms with E-state index in [4.69, 9.17) is 61.4 Å². The van der Waals surface area contributed by atoms with Crippen LogP contribution < -0.4 is 21.5 Å². The summed E-state index contributed by atoms with van der Waals surface area (Å²) in [4.78, 5) is 35.9. The molecule has 4 N–H and O–H groups in total. The Bertz CT molecular complexity index is 2850. The van der Waals surface area contributed by atoms with Crippen molar-refractivity contribution in [3.63, 3.8) is 0 Å². The zero-order valence-electron chi connectivity index (χ0n) is 42.4. The molecular formula is C52H62Cl2N10O5Si2. The van der Waals surface area contributed by atoms with Crippen molar-refractivity contribution >= 4 is 80.1 Å². The molecule has 0 unspecified atom stereocenters. The molecule has 15 nitrogen and oxygen atoms in total. The lowest BCUT2D eigenvalue weighted by Crippen LogP contribution is -2.49. The molecule has 0 bridgehead atoms. The summed E-state index contributed by atoms with van der Waals surface area (Å²) in [6, 6.07) is 20.9. The van der Waals surface area contributed by atoms with Crippen LogP contribution in [-0.4, -0.2) is 57.9 Å². The fraction of sp³-hybridized carbons (Fsp3) is 0.385. The highest BCUT2D eigenvalue weighted by Gasteiger charge is 2.38. The van der Waals surface area contributed by atoms with Crippen molar-refractivity contribution in [3.8, 4) is 17.5 Å². The van der Waals surface area contributed by atoms with E-state index in [1.807, 2.05) is 19.1 Å². The molecular weight excluding hydrogens is 972 g/mol. The van der Waals surface area contributed by atoms with Gasteiger partial charge >= 0.3 is 0 Å². The van der Waals surface area contributed by atoms with Gasteiger partial charge in [0, 0.05) is 35.7 Å². The first kappa shape index (κ1) is 57.0. The third-order valence-electron chi connectivity index (χ3n) is 12.9. The number of nitrogens with zero attached hydrogens (tertiary/aromatic N) is 6. The van der Waals surface area contributed by atoms with Gasteiger partial charge in [-0.3, -0.25) is 20.4 Å². The number of hydrazine groups is 1. The molecule has 19 heteroatoms. The van der Waals surface area contributed by atoms with E-state index in [-0.39, 0.29) is 16.1 Å². The smallest absolute Gasteiger partial charge is 0.269 e. The Labute approximate surface area is 430 Å². The van der Waals surface area contributed by atoms with E-state index in [2.05, 4.69) is 114 Å². The number of carbonyl (C=O) groups is 2. The van der Waals surface area contributed by atoms with Gasteiger partial charge in [-0.05, 0) is 110 Å². The van der Waals surface area contributed by atoms with Gasteiger partial charge in [0.1, 0.15) is 12.1 Å². The van der Waals surface area contributed by atoms with Crippen molar-refractivity contribution in [2.75, 3.05) is 23.8 Å². The average Bonchev–Trinajstić information content (AvgIpc) is 3.83. The summed E-state index contributed by atoms with van der Waals surface area (Å²) >= 11 is 12.7. The molecule has 0 radical (unpaired) electrons. The Morgan fingerprint density at radius 1 is 0.718 bits per heavy atom. The van der Waals surface area contributed by atoms with Crippen molar-refractivity contribution in [2.45, 2.75) is 117 Å². The summed E-state index contributed by atoms with van der Waals surface area (Å²) in [5.41, 5.74) is 10.5. The monoisotopic (exact) mass is 1030 g/mol. The van der Waals surface area contributed by atoms with E-state index in [0.717, 1.165) is 16.8 Å². The number of benzene rings is 4. The molecule has 0 saturated heterocycles. The highest BCUT2D eigenvalue weighted by Crippen LogP contribution is 2.40. The predicted octanol–water partition coefficient (Wildman–Crippen LogP) is 14.1. The van der Waals surface area contributed by atoms with Crippen LogP contribution in [0.25, 0.3) is 26.0 Å². The first-order valence-electron chi connectivity index (χ1n) is 22.8. The standard InChI is InChI=1S/C26H32ClN5O3Si.C26H30ClN5O2Si/c1-17-20(12-13-21(29-5)23(17)27)30-22(14-15-35-36(6,7)26(2,3)4)25(34)32-31-24(33)19-10-8-18(16-28)9-11-19;1-17-20(13-14-21(29-6)23(17)27)30-22(15-16-33-35(7,8)26(2,3)4)25-32-31-24(34-25)18-9-11-19(28-5)12-10-18/h8-13,22,30H,14-15H2,1-4,6-7H3,(H,31,33)(H,32,34);9-14,22,30H,15-16H2,1-4,7-8H3/t2*22-/m11/s1. The van der Waals surface area contributed by atoms with Crippen molar-refractivity contribution < 1.29 is 22.9 Å². The summed E-state index contributed by atoms with van der Waals surface area (Å²) in [6.45, 7) is 48.0. The minimum atomic E-state index is -2.03. The summed E-state index contributed by atoms with van der Waals surface area (Å²) < 4.78 is 18.7. The van der Waals surface area contributed by atoms with Crippen LogP contribution in [0, 0.1) is 44.9 Å². The topological polar surface area (TPSA) is 177 Å². The molecule has 5 aromatic rings. The van der Waals surface area contributed by atoms with E-state index in [0.29, 0.717) is 87.3 Å². The van der Waals surface area contributed by atoms with E-state index >= 15 is 0 Å². The van der Waals surface area contributed by atoms with Crippen molar-refractivity contribution in [2.24, 2.45) is 0 Å². The summed E-state index contributed by atoms with van der Waals surface area (Å²) in [6.07, 6.45) is 0.944. The van der Waals surface area contributed by atoms with E-state index < -0.39 is 34.5 Å². The van der Waals surface area contributed by atoms with Gasteiger partial charge in [0.25, 0.3) is 11.8 Å². The lowest BCUT2D eigenvalue weighted by atomic mass is 10.1. The molecule has 2 amide bonds. The second-order valence-corrected chi connectivity index (χ2v) is 30.2. The number of nitriles is 1. The van der Waals surface area contributed by atoms with Crippen LogP contribution in [-0.2, 0) is 13.6 Å². The first-order valence-corrected chi connectivity index (χ1v) is 29.4. The second-order valence-electron chi connectivity index (χ2n) is 19.8. The Hall–Kier alpha value is -6.55. The van der Waals surface area contributed by atoms with E-state index in [1.54, 1.807) is 49.4 Å². The van der Waals surface area contributed by atoms with E-state index in [1.165, 1.54) is 24.3 Å². The lowest BCUT2D eigenvalue weighted by molar-refractivity contribution is -0.122. The van der Waals surface area contributed by atoms with Crippen LogP contribution in [0.5, 0.6) is 0 Å². The number of aromatic nitrogens is 2. The van der Waals surface area contributed by atoms with Crippen molar-refractivity contribution in [3.05, 3.63) is 145 Å². The fourth-order valence-electron chi connectivity index (χ4n) is 6.17. The molecule has 5 rings (SSSR count). The minimum absolute atomic E-state index is 0.0208. The molecule has 0 aliphatic rings. The maximum atomic E-state index is 13.1. The van der Waals surface area contributed by atoms with Crippen LogP contribution >= 0.6 is 23.2 Å². The molecule has 1 aromatic heterocycles. The molecule has 0 saturated carbocycles. The summed E-state index contributed by atoms with van der Waals surface area (Å²) in [7, 11) is -3.95. The number of carbonyl (C=O) groups excluding carboxylic acids is 2. The molecule has 0 aliphatic heterocycles. The number of nitrogens with one attached hydrogen (secondary N) is 4. The summed E-state index contributed by atoms with van der Waals surface area (Å²) in [5.74, 6) is -0.157. The van der Waals surface area contributed by atoms with Gasteiger partial charge in [0.15, 0.2) is 22.3 Å². The normalized spacial score (nSPS) is 12.4. The van der Waals surface area contributed by atoms with Gasteiger partial charge in [0.05, 0.1) is 41.4 Å². The number of anilines is 2. The molecule has 4 aromatic carbocycles. The Morgan fingerprint density at radius 3 is 1.70 bits per heavy atom. The quantitative estimate of drug-likeness (QED) is 0.0423. The highest BCUT2D eigenvalue weighted by molar-refractivity contribution is 6.74. The largest absolute Gasteiger partial charge is 0.418 e. The minimum Gasteiger partial charge on any atom is -0.418 e. The molecule has 372 valence electrons. The Kier molecular flexibility index (Phi) is 19.7. The SMILES string of the molecule is [C-]#[N+]c1ccc(-c2nnc([C@@H](CCO[Si](C)(C)C(C)(C)C)Nc3ccc([N+]#[C-])c(Cl)c3C)o2)cc1.[C-]#[N+]c1ccc(N[C@H](CCO[Si](C)(C)C(C)(C)C)C(=O)NNC(=O)c2ccc(C#N)cc2)c(C)c1Cl. The van der Waals surface area contributed by atoms with Crippen LogP contribution in [0.4, 0.5) is 28.4 Å². The van der Waals surface area contributed by atoms with Crippen molar-refractivity contribution in [1.82, 2.24) is 21.0 Å². The maximum absolute atomic E-state index is 13.1. The van der Waals surface area contributed by atoms with Gasteiger partial charge in [-0.1, -0.05) is 101 Å². The average molecular weight is 1030 g/mol. The molecule has 0 spiro atoms. The van der Waals surface area contributed by atoms with Crippen LogP contribution in [0.3, 0.4) is 0 Å². The van der Waals surface area contributed by atoms with Gasteiger partial charge < -0.3 is 23.9 Å². The lowest BCUT2D eigenvalue weighted by Gasteiger charge is -2.36. The van der Waals surface area contributed by atoms with Gasteiger partial charge in [-0.25, -0.2) is 14.5 Å². The van der Waals surface area contributed by atoms with Crippen LogP contribution in [0.15, 0.2) is 77.2 Å². The highest BCUT2D eigenvalue weighted by atomic mass is 35.5. The number of rotatable bonds is 16. The second kappa shape index (κ2) is 24.5. The molecule has 1 heterocycles. The zero-order valence-corrected chi connectivity index (χ0v) is 45.9. The third-order valence-corrected chi connectivity index (χ3v) is 22.9. The predicted molar refractivity (Wildman–Crippen MR) is 287 cm³/mol. The molecule has 2 atom stereocenters. The van der Waals surface area contributed by atoms with Gasteiger partial charge in [-0.2, -0.15) is 5.26 Å². The maximum Gasteiger partial charge on any atom is 0.269 e. The number of halogens is 2. The number of amides is 2. The molecule has 71 heavy (non-hydrogen) atoms. The van der Waals surface area contributed by atoms with E-state index in [9.17, 15) is 9.59 Å². The summed E-state index contributed by atoms with van der Waals surface area (Å²) in [5, 5.41) is 25.0. The first-order chi connectivity index (χ1) is 33.3. The van der Waals surface area contributed by atoms with Gasteiger partial charge in [-0.15, -0.1) is 10.2 Å². The molecule has 0 aliphatic carbocycles. The molecule has 0 fully saturated rings.